The predicted octanol–water partition coefficient (Wildman–Crippen LogP) is 2.67. The minimum absolute atomic E-state index is 0.0581. The van der Waals surface area contributed by atoms with Crippen molar-refractivity contribution in [1.29, 1.82) is 0 Å². The van der Waals surface area contributed by atoms with E-state index in [1.165, 1.54) is 12.8 Å². The quantitative estimate of drug-likeness (QED) is 0.860. The molecule has 0 radical (unpaired) electrons. The van der Waals surface area contributed by atoms with Gasteiger partial charge >= 0.3 is 0 Å². The number of pyridine rings is 1. The number of rotatable bonds is 2. The molecule has 0 aliphatic heterocycles. The standard InChI is InChI=1S/C15H23N3O/c1-10-12(8-11(16)9-17-10)14(19)18-13-6-4-5-7-15(13,2)3/h8-9,13H,4-7,16H2,1-3H3,(H,18,19). The van der Waals surface area contributed by atoms with Crippen molar-refractivity contribution in [1.82, 2.24) is 10.3 Å². The minimum Gasteiger partial charge on any atom is -0.397 e. The van der Waals surface area contributed by atoms with Crippen LogP contribution in [0.1, 0.15) is 55.6 Å². The number of nitrogens with two attached hydrogens (primary N) is 1. The van der Waals surface area contributed by atoms with Crippen molar-refractivity contribution in [3.05, 3.63) is 23.5 Å². The molecule has 0 bridgehead atoms. The van der Waals surface area contributed by atoms with Crippen molar-refractivity contribution in [3.8, 4) is 0 Å². The Bertz CT molecular complexity index is 482. The lowest BCUT2D eigenvalue weighted by Crippen LogP contribution is -2.47. The Labute approximate surface area is 114 Å². The van der Waals surface area contributed by atoms with E-state index in [1.54, 1.807) is 12.3 Å². The van der Waals surface area contributed by atoms with Crippen molar-refractivity contribution >= 4 is 11.6 Å². The number of aromatic nitrogens is 1. The molecule has 1 aromatic heterocycles. The lowest BCUT2D eigenvalue weighted by Gasteiger charge is -2.39. The largest absolute Gasteiger partial charge is 0.397 e. The maximum atomic E-state index is 12.4. The highest BCUT2D eigenvalue weighted by Gasteiger charge is 2.33. The fraction of sp³-hybridized carbons (Fsp3) is 0.600. The molecule has 3 N–H and O–H groups in total. The minimum atomic E-state index is -0.0581. The highest BCUT2D eigenvalue weighted by molar-refractivity contribution is 5.96. The van der Waals surface area contributed by atoms with Gasteiger partial charge in [-0.3, -0.25) is 9.78 Å². The Hall–Kier alpha value is -1.58. The van der Waals surface area contributed by atoms with Crippen molar-refractivity contribution in [2.75, 3.05) is 5.73 Å². The van der Waals surface area contributed by atoms with Crippen molar-refractivity contribution in [3.63, 3.8) is 0 Å². The number of aryl methyl sites for hydroxylation is 1. The zero-order chi connectivity index (χ0) is 14.0. The van der Waals surface area contributed by atoms with E-state index in [-0.39, 0.29) is 17.4 Å². The molecule has 1 aliphatic carbocycles. The van der Waals surface area contributed by atoms with Gasteiger partial charge in [-0.05, 0) is 31.2 Å². The summed E-state index contributed by atoms with van der Waals surface area (Å²) in [7, 11) is 0. The number of nitrogens with one attached hydrogen (secondary N) is 1. The van der Waals surface area contributed by atoms with Crippen LogP contribution in [-0.2, 0) is 0 Å². The van der Waals surface area contributed by atoms with Crippen molar-refractivity contribution in [2.45, 2.75) is 52.5 Å². The first kappa shape index (κ1) is 13.8. The maximum Gasteiger partial charge on any atom is 0.253 e. The Morgan fingerprint density at radius 2 is 2.21 bits per heavy atom. The van der Waals surface area contributed by atoms with Gasteiger partial charge in [-0.15, -0.1) is 0 Å². The summed E-state index contributed by atoms with van der Waals surface area (Å²) in [6, 6.07) is 1.93. The number of nitrogens with zero attached hydrogens (tertiary/aromatic N) is 1. The molecule has 0 saturated heterocycles. The second kappa shape index (κ2) is 5.19. The highest BCUT2D eigenvalue weighted by atomic mass is 16.1. The van der Waals surface area contributed by atoms with Crippen LogP contribution in [0.4, 0.5) is 5.69 Å². The smallest absolute Gasteiger partial charge is 0.253 e. The van der Waals surface area contributed by atoms with Gasteiger partial charge in [0.15, 0.2) is 0 Å². The third kappa shape index (κ3) is 3.06. The first-order valence-electron chi connectivity index (χ1n) is 6.93. The third-order valence-corrected chi connectivity index (χ3v) is 4.17. The molecule has 1 aromatic rings. The molecule has 19 heavy (non-hydrogen) atoms. The Balaban J connectivity index is 2.14. The fourth-order valence-electron chi connectivity index (χ4n) is 2.78. The van der Waals surface area contributed by atoms with Crippen LogP contribution in [0.3, 0.4) is 0 Å². The van der Waals surface area contributed by atoms with Gasteiger partial charge in [0.25, 0.3) is 5.91 Å². The summed E-state index contributed by atoms with van der Waals surface area (Å²) in [4.78, 5) is 16.5. The van der Waals surface area contributed by atoms with E-state index in [9.17, 15) is 4.79 Å². The lowest BCUT2D eigenvalue weighted by molar-refractivity contribution is 0.0852. The fourth-order valence-corrected chi connectivity index (χ4v) is 2.78. The van der Waals surface area contributed by atoms with E-state index in [0.29, 0.717) is 11.3 Å². The number of hydrogen-bond donors (Lipinski definition) is 2. The molecule has 1 aliphatic rings. The molecule has 0 aromatic carbocycles. The summed E-state index contributed by atoms with van der Waals surface area (Å²) < 4.78 is 0. The molecule has 1 fully saturated rings. The van der Waals surface area contributed by atoms with E-state index >= 15 is 0 Å². The first-order valence-corrected chi connectivity index (χ1v) is 6.93. The molecule has 1 amide bonds. The lowest BCUT2D eigenvalue weighted by atomic mass is 9.73. The second-order valence-electron chi connectivity index (χ2n) is 6.16. The Morgan fingerprint density at radius 1 is 1.47 bits per heavy atom. The van der Waals surface area contributed by atoms with Crippen LogP contribution in [0.15, 0.2) is 12.3 Å². The number of amides is 1. The molecule has 4 heteroatoms. The molecular formula is C15H23N3O. The van der Waals surface area contributed by atoms with Gasteiger partial charge in [-0.1, -0.05) is 26.7 Å². The SMILES string of the molecule is Cc1ncc(N)cc1C(=O)NC1CCCCC1(C)C. The normalized spacial score (nSPS) is 21.9. The predicted molar refractivity (Wildman–Crippen MR) is 76.9 cm³/mol. The number of carbonyl (C=O) groups is 1. The van der Waals surface area contributed by atoms with Gasteiger partial charge in [-0.25, -0.2) is 0 Å². The molecule has 1 atom stereocenters. The topological polar surface area (TPSA) is 68.0 Å². The zero-order valence-electron chi connectivity index (χ0n) is 12.0. The van der Waals surface area contributed by atoms with E-state index in [4.69, 9.17) is 5.73 Å². The van der Waals surface area contributed by atoms with E-state index in [2.05, 4.69) is 24.1 Å². The first-order chi connectivity index (χ1) is 8.90. The summed E-state index contributed by atoms with van der Waals surface area (Å²) in [5.41, 5.74) is 7.71. The Morgan fingerprint density at radius 3 is 2.89 bits per heavy atom. The monoisotopic (exact) mass is 261 g/mol. The zero-order valence-corrected chi connectivity index (χ0v) is 12.0. The molecule has 1 unspecified atom stereocenters. The summed E-state index contributed by atoms with van der Waals surface area (Å²) >= 11 is 0. The summed E-state index contributed by atoms with van der Waals surface area (Å²) in [5.74, 6) is -0.0581. The van der Waals surface area contributed by atoms with Crippen LogP contribution in [0.5, 0.6) is 0 Å². The summed E-state index contributed by atoms with van der Waals surface area (Å²) in [5, 5.41) is 3.16. The van der Waals surface area contributed by atoms with Gasteiger partial charge in [0.2, 0.25) is 0 Å². The summed E-state index contributed by atoms with van der Waals surface area (Å²) in [6.07, 6.45) is 6.22. The van der Waals surface area contributed by atoms with Gasteiger partial charge < -0.3 is 11.1 Å². The molecular weight excluding hydrogens is 238 g/mol. The number of nitrogen functional groups attached to an aromatic ring is 1. The highest BCUT2D eigenvalue weighted by Crippen LogP contribution is 2.35. The third-order valence-electron chi connectivity index (χ3n) is 4.17. The molecule has 104 valence electrons. The van der Waals surface area contributed by atoms with E-state index < -0.39 is 0 Å². The van der Waals surface area contributed by atoms with Crippen LogP contribution in [0, 0.1) is 12.3 Å². The molecule has 2 rings (SSSR count). The van der Waals surface area contributed by atoms with E-state index in [0.717, 1.165) is 18.5 Å². The van der Waals surface area contributed by atoms with Crippen LogP contribution in [0.2, 0.25) is 0 Å². The van der Waals surface area contributed by atoms with E-state index in [1.807, 2.05) is 6.92 Å². The van der Waals surface area contributed by atoms with Gasteiger partial charge in [0.05, 0.1) is 23.1 Å². The number of carbonyl (C=O) groups excluding carboxylic acids is 1. The van der Waals surface area contributed by atoms with Crippen LogP contribution < -0.4 is 11.1 Å². The van der Waals surface area contributed by atoms with Crippen molar-refractivity contribution in [2.24, 2.45) is 5.41 Å². The summed E-state index contributed by atoms with van der Waals surface area (Å²) in [6.45, 7) is 6.28. The van der Waals surface area contributed by atoms with Crippen LogP contribution >= 0.6 is 0 Å². The Kier molecular flexibility index (Phi) is 3.78. The van der Waals surface area contributed by atoms with Gasteiger partial charge in [0, 0.05) is 6.04 Å². The molecule has 4 nitrogen and oxygen atoms in total. The average Bonchev–Trinajstić information content (AvgIpc) is 2.34. The van der Waals surface area contributed by atoms with Crippen LogP contribution in [-0.4, -0.2) is 16.9 Å². The second-order valence-corrected chi connectivity index (χ2v) is 6.16. The number of anilines is 1. The van der Waals surface area contributed by atoms with Crippen molar-refractivity contribution < 1.29 is 4.79 Å². The van der Waals surface area contributed by atoms with Gasteiger partial charge in [0.1, 0.15) is 0 Å². The molecule has 0 spiro atoms. The van der Waals surface area contributed by atoms with Crippen LogP contribution in [0.25, 0.3) is 0 Å². The molecule has 1 saturated carbocycles. The average molecular weight is 261 g/mol. The maximum absolute atomic E-state index is 12.4. The number of hydrogen-bond acceptors (Lipinski definition) is 3. The molecule has 1 heterocycles. The van der Waals surface area contributed by atoms with Gasteiger partial charge in [-0.2, -0.15) is 0 Å².